The lowest BCUT2D eigenvalue weighted by molar-refractivity contribution is 0.0941. The van der Waals surface area contributed by atoms with Crippen molar-refractivity contribution in [3.8, 4) is 11.1 Å². The Morgan fingerprint density at radius 1 is 0.923 bits per heavy atom. The number of halogens is 2. The van der Waals surface area contributed by atoms with E-state index in [1.165, 1.54) is 24.4 Å². The van der Waals surface area contributed by atoms with Crippen molar-refractivity contribution >= 4 is 34.1 Å². The summed E-state index contributed by atoms with van der Waals surface area (Å²) in [5, 5.41) is 9.44. The molecule has 0 saturated heterocycles. The van der Waals surface area contributed by atoms with Crippen molar-refractivity contribution < 1.29 is 18.4 Å². The van der Waals surface area contributed by atoms with Crippen molar-refractivity contribution in [3.05, 3.63) is 89.6 Å². The summed E-state index contributed by atoms with van der Waals surface area (Å²) in [5.74, 6) is -2.18. The second kappa shape index (κ2) is 11.6. The van der Waals surface area contributed by atoms with Crippen molar-refractivity contribution in [2.45, 2.75) is 31.7 Å². The quantitative estimate of drug-likeness (QED) is 0.209. The lowest BCUT2D eigenvalue weighted by atomic mass is 9.98. The molecule has 0 radical (unpaired) electrons. The fourth-order valence-corrected chi connectivity index (χ4v) is 4.33. The van der Waals surface area contributed by atoms with Gasteiger partial charge < -0.3 is 21.7 Å². The highest BCUT2D eigenvalue weighted by Gasteiger charge is 2.26. The molecule has 200 valence electrons. The van der Waals surface area contributed by atoms with Gasteiger partial charge in [0.2, 0.25) is 0 Å². The summed E-state index contributed by atoms with van der Waals surface area (Å²) in [6, 6.07) is 16.3. The van der Waals surface area contributed by atoms with Gasteiger partial charge in [-0.25, -0.2) is 8.78 Å². The third-order valence-electron chi connectivity index (χ3n) is 6.60. The minimum absolute atomic E-state index is 0.119. The Kier molecular flexibility index (Phi) is 7.79. The molecule has 1 saturated carbocycles. The lowest BCUT2D eigenvalue weighted by Gasteiger charge is -2.16. The number of nitrogens with one attached hydrogen (secondary N) is 3. The Balaban J connectivity index is 1.53. The van der Waals surface area contributed by atoms with Crippen LogP contribution in [0.15, 0.2) is 66.9 Å². The molecule has 4 aromatic rings. The molecule has 1 aliphatic rings. The van der Waals surface area contributed by atoms with Crippen molar-refractivity contribution in [1.82, 2.24) is 15.6 Å². The molecule has 2 amide bonds. The van der Waals surface area contributed by atoms with Crippen LogP contribution < -0.4 is 21.7 Å². The number of hydrogen-bond acceptors (Lipinski definition) is 5. The number of hydrogen-bond donors (Lipinski definition) is 4. The van der Waals surface area contributed by atoms with E-state index in [0.29, 0.717) is 41.7 Å². The van der Waals surface area contributed by atoms with Crippen LogP contribution in [0.1, 0.15) is 46.4 Å². The monoisotopic (exact) mass is 529 g/mol. The SMILES string of the molecule is NCCCCNC(=O)c1ccc(-c2cc3c(Nc4ccccc4)c(C(=O)NC4CC4)cnc3cc2F)cc1F. The number of amides is 2. The molecule has 1 aromatic heterocycles. The highest BCUT2D eigenvalue weighted by Crippen LogP contribution is 2.35. The summed E-state index contributed by atoms with van der Waals surface area (Å²) in [7, 11) is 0. The number of anilines is 2. The van der Waals surface area contributed by atoms with Crippen molar-refractivity contribution in [3.63, 3.8) is 0 Å². The largest absolute Gasteiger partial charge is 0.354 e. The number of fused-ring (bicyclic) bond motifs is 1. The molecule has 5 rings (SSSR count). The third-order valence-corrected chi connectivity index (χ3v) is 6.60. The maximum atomic E-state index is 15.3. The van der Waals surface area contributed by atoms with Crippen LogP contribution in [-0.2, 0) is 0 Å². The number of nitrogens with zero attached hydrogens (tertiary/aromatic N) is 1. The van der Waals surface area contributed by atoms with Crippen molar-refractivity contribution in [2.24, 2.45) is 5.73 Å². The first kappa shape index (κ1) is 26.2. The molecule has 1 fully saturated rings. The number of carbonyl (C=O) groups excluding carboxylic acids is 2. The number of nitrogens with two attached hydrogens (primary N) is 1. The number of rotatable bonds is 10. The van der Waals surface area contributed by atoms with E-state index in [4.69, 9.17) is 5.73 Å². The summed E-state index contributed by atoms with van der Waals surface area (Å²) in [6.07, 6.45) is 4.74. The van der Waals surface area contributed by atoms with Gasteiger partial charge in [-0.1, -0.05) is 24.3 Å². The van der Waals surface area contributed by atoms with Crippen LogP contribution in [0.2, 0.25) is 0 Å². The lowest BCUT2D eigenvalue weighted by Crippen LogP contribution is -2.26. The van der Waals surface area contributed by atoms with Crippen molar-refractivity contribution in [2.75, 3.05) is 18.4 Å². The van der Waals surface area contributed by atoms with Crippen molar-refractivity contribution in [1.29, 1.82) is 0 Å². The Labute approximate surface area is 224 Å². The molecule has 0 aliphatic heterocycles. The van der Waals surface area contributed by atoms with Crippen LogP contribution in [-0.4, -0.2) is 35.9 Å². The number of benzene rings is 3. The van der Waals surface area contributed by atoms with E-state index in [2.05, 4.69) is 20.9 Å². The molecule has 1 aliphatic carbocycles. The first-order chi connectivity index (χ1) is 18.9. The third kappa shape index (κ3) is 6.04. The molecule has 9 heteroatoms. The van der Waals surface area contributed by atoms with Crippen LogP contribution in [0.4, 0.5) is 20.2 Å². The van der Waals surface area contributed by atoms with Gasteiger partial charge in [0, 0.05) is 41.5 Å². The first-order valence-electron chi connectivity index (χ1n) is 13.0. The molecule has 0 bridgehead atoms. The molecular weight excluding hydrogens is 500 g/mol. The molecule has 3 aromatic carbocycles. The van der Waals surface area contributed by atoms with Gasteiger partial charge in [0.05, 0.1) is 22.3 Å². The van der Waals surface area contributed by atoms with Crippen LogP contribution in [0.5, 0.6) is 0 Å². The predicted octanol–water partition coefficient (Wildman–Crippen LogP) is 5.28. The van der Waals surface area contributed by atoms with Gasteiger partial charge in [0.15, 0.2) is 0 Å². The van der Waals surface area contributed by atoms with Gasteiger partial charge in [0.1, 0.15) is 11.6 Å². The van der Waals surface area contributed by atoms with E-state index in [1.807, 2.05) is 30.3 Å². The topological polar surface area (TPSA) is 109 Å². The summed E-state index contributed by atoms with van der Waals surface area (Å²) < 4.78 is 30.3. The molecular formula is C30H29F2N5O2. The van der Waals surface area contributed by atoms with Gasteiger partial charge in [-0.2, -0.15) is 0 Å². The fraction of sp³-hybridized carbons (Fsp3) is 0.233. The summed E-state index contributed by atoms with van der Waals surface area (Å²) in [4.78, 5) is 29.8. The van der Waals surface area contributed by atoms with E-state index in [1.54, 1.807) is 6.07 Å². The normalized spacial score (nSPS) is 12.8. The van der Waals surface area contributed by atoms with Gasteiger partial charge in [-0.3, -0.25) is 14.6 Å². The average molecular weight is 530 g/mol. The Morgan fingerprint density at radius 3 is 2.44 bits per heavy atom. The zero-order valence-corrected chi connectivity index (χ0v) is 21.3. The number of unbranched alkanes of at least 4 members (excludes halogenated alkanes) is 1. The van der Waals surface area contributed by atoms with Crippen LogP contribution >= 0.6 is 0 Å². The number of pyridine rings is 1. The highest BCUT2D eigenvalue weighted by molar-refractivity contribution is 6.09. The molecule has 0 unspecified atom stereocenters. The maximum absolute atomic E-state index is 15.3. The van der Waals surface area contributed by atoms with Gasteiger partial charge in [-0.05, 0) is 68.1 Å². The Bertz CT molecular complexity index is 1520. The second-order valence-electron chi connectivity index (χ2n) is 9.58. The molecule has 0 atom stereocenters. The Hall–Kier alpha value is -4.37. The minimum atomic E-state index is -0.762. The number of aromatic nitrogens is 1. The average Bonchev–Trinajstić information content (AvgIpc) is 3.75. The predicted molar refractivity (Wildman–Crippen MR) is 148 cm³/mol. The summed E-state index contributed by atoms with van der Waals surface area (Å²) in [6.45, 7) is 0.901. The van der Waals surface area contributed by atoms with E-state index in [9.17, 15) is 14.0 Å². The number of para-hydroxylation sites is 1. The van der Waals surface area contributed by atoms with Crippen LogP contribution in [0.25, 0.3) is 22.0 Å². The van der Waals surface area contributed by atoms with Crippen LogP contribution in [0.3, 0.4) is 0 Å². The van der Waals surface area contributed by atoms with Gasteiger partial charge >= 0.3 is 0 Å². The summed E-state index contributed by atoms with van der Waals surface area (Å²) in [5.41, 5.74) is 7.58. The molecule has 39 heavy (non-hydrogen) atoms. The second-order valence-corrected chi connectivity index (χ2v) is 9.58. The van der Waals surface area contributed by atoms with E-state index >= 15 is 4.39 Å². The molecule has 1 heterocycles. The highest BCUT2D eigenvalue weighted by atomic mass is 19.1. The van der Waals surface area contributed by atoms with E-state index in [-0.39, 0.29) is 28.6 Å². The zero-order chi connectivity index (χ0) is 27.4. The fourth-order valence-electron chi connectivity index (χ4n) is 4.33. The summed E-state index contributed by atoms with van der Waals surface area (Å²) >= 11 is 0. The smallest absolute Gasteiger partial charge is 0.255 e. The van der Waals surface area contributed by atoms with Gasteiger partial charge in [-0.15, -0.1) is 0 Å². The first-order valence-corrected chi connectivity index (χ1v) is 13.0. The molecule has 0 spiro atoms. The standard InChI is InChI=1S/C30H29F2N5O2/c31-25-14-18(8-11-21(25)29(38)34-13-5-4-12-33)22-15-23-27(16-26(22)32)35-17-24(30(39)37-20-9-10-20)28(23)36-19-6-2-1-3-7-19/h1-3,6-8,11,14-17,20H,4-5,9-10,12-13,33H2,(H,34,38)(H,35,36)(H,37,39). The molecule has 7 nitrogen and oxygen atoms in total. The minimum Gasteiger partial charge on any atom is -0.354 e. The molecule has 5 N–H and O–H groups in total. The van der Waals surface area contributed by atoms with E-state index in [0.717, 1.165) is 31.0 Å². The van der Waals surface area contributed by atoms with Gasteiger partial charge in [0.25, 0.3) is 11.8 Å². The maximum Gasteiger partial charge on any atom is 0.255 e. The Morgan fingerprint density at radius 2 is 1.72 bits per heavy atom. The number of carbonyl (C=O) groups is 2. The zero-order valence-electron chi connectivity index (χ0n) is 21.3. The van der Waals surface area contributed by atoms with Crippen LogP contribution in [0, 0.1) is 11.6 Å². The van der Waals surface area contributed by atoms with E-state index < -0.39 is 17.5 Å².